The fourth-order valence-electron chi connectivity index (χ4n) is 1.98. The van der Waals surface area contributed by atoms with E-state index in [1.165, 1.54) is 0 Å². The quantitative estimate of drug-likeness (QED) is 0.859. The number of aryl methyl sites for hydroxylation is 1. The van der Waals surface area contributed by atoms with E-state index in [0.717, 1.165) is 5.56 Å². The monoisotopic (exact) mass is 323 g/mol. The summed E-state index contributed by atoms with van der Waals surface area (Å²) in [7, 11) is 1.72. The molecule has 1 atom stereocenters. The summed E-state index contributed by atoms with van der Waals surface area (Å²) in [5, 5.41) is 1.10. The Labute approximate surface area is 133 Å². The summed E-state index contributed by atoms with van der Waals surface area (Å²) in [5.41, 5.74) is 1.20. The van der Waals surface area contributed by atoms with Gasteiger partial charge in [0.15, 0.2) is 0 Å². The minimum Gasteiger partial charge on any atom is -0.334 e. The minimum atomic E-state index is -0.197. The van der Waals surface area contributed by atoms with Gasteiger partial charge in [0, 0.05) is 23.3 Å². The maximum Gasteiger partial charge on any atom is 0.272 e. The van der Waals surface area contributed by atoms with Crippen LogP contribution in [0.25, 0.3) is 0 Å². The van der Waals surface area contributed by atoms with E-state index in [-0.39, 0.29) is 11.9 Å². The molecule has 0 saturated carbocycles. The first kappa shape index (κ1) is 15.7. The average Bonchev–Trinajstić information content (AvgIpc) is 2.45. The van der Waals surface area contributed by atoms with Crippen molar-refractivity contribution in [3.63, 3.8) is 0 Å². The normalized spacial score (nSPS) is 12.0. The topological polar surface area (TPSA) is 46.1 Å². The highest BCUT2D eigenvalue weighted by Crippen LogP contribution is 2.29. The molecular weight excluding hydrogens is 309 g/mol. The largest absolute Gasteiger partial charge is 0.334 e. The molecule has 21 heavy (non-hydrogen) atoms. The Hall–Kier alpha value is -1.65. The van der Waals surface area contributed by atoms with E-state index in [1.807, 2.05) is 13.0 Å². The molecule has 110 valence electrons. The molecular formula is C15H15Cl2N3O. The highest BCUT2D eigenvalue weighted by atomic mass is 35.5. The van der Waals surface area contributed by atoms with Gasteiger partial charge in [-0.3, -0.25) is 4.79 Å². The van der Waals surface area contributed by atoms with E-state index in [1.54, 1.807) is 43.3 Å². The first-order valence-corrected chi connectivity index (χ1v) is 7.17. The lowest BCUT2D eigenvalue weighted by Crippen LogP contribution is -2.30. The Morgan fingerprint density at radius 2 is 2.00 bits per heavy atom. The van der Waals surface area contributed by atoms with Gasteiger partial charge in [-0.1, -0.05) is 29.3 Å². The molecule has 2 rings (SSSR count). The Bertz CT molecular complexity index is 676. The van der Waals surface area contributed by atoms with Gasteiger partial charge in [0.05, 0.1) is 6.04 Å². The highest BCUT2D eigenvalue weighted by molar-refractivity contribution is 6.35. The van der Waals surface area contributed by atoms with Crippen LogP contribution in [0.3, 0.4) is 0 Å². The lowest BCUT2D eigenvalue weighted by molar-refractivity contribution is 0.0736. The lowest BCUT2D eigenvalue weighted by atomic mass is 10.1. The number of hydrogen-bond donors (Lipinski definition) is 0. The van der Waals surface area contributed by atoms with E-state index in [0.29, 0.717) is 21.6 Å². The van der Waals surface area contributed by atoms with Gasteiger partial charge in [-0.25, -0.2) is 9.97 Å². The number of rotatable bonds is 3. The second kappa shape index (κ2) is 6.41. The predicted molar refractivity (Wildman–Crippen MR) is 83.7 cm³/mol. The third-order valence-electron chi connectivity index (χ3n) is 3.31. The zero-order valence-electron chi connectivity index (χ0n) is 12.0. The maximum atomic E-state index is 12.5. The number of benzene rings is 1. The van der Waals surface area contributed by atoms with Gasteiger partial charge in [-0.15, -0.1) is 0 Å². The van der Waals surface area contributed by atoms with E-state index in [9.17, 15) is 4.79 Å². The molecule has 4 nitrogen and oxygen atoms in total. The average molecular weight is 324 g/mol. The Kier molecular flexibility index (Phi) is 4.80. The van der Waals surface area contributed by atoms with Crippen LogP contribution in [-0.2, 0) is 0 Å². The SMILES string of the molecule is Cc1nccc(C(=O)N(C)C(C)c2ccc(Cl)cc2Cl)n1. The van der Waals surface area contributed by atoms with Crippen LogP contribution in [0.4, 0.5) is 0 Å². The van der Waals surface area contributed by atoms with Crippen molar-refractivity contribution in [3.05, 3.63) is 57.6 Å². The summed E-state index contributed by atoms with van der Waals surface area (Å²) >= 11 is 12.1. The molecule has 0 radical (unpaired) electrons. The minimum absolute atomic E-state index is 0.181. The van der Waals surface area contributed by atoms with Crippen molar-refractivity contribution in [1.82, 2.24) is 14.9 Å². The Morgan fingerprint density at radius 3 is 2.62 bits per heavy atom. The highest BCUT2D eigenvalue weighted by Gasteiger charge is 2.21. The third kappa shape index (κ3) is 3.52. The number of aromatic nitrogens is 2. The number of carbonyl (C=O) groups excluding carboxylic acids is 1. The van der Waals surface area contributed by atoms with Crippen molar-refractivity contribution in [2.24, 2.45) is 0 Å². The molecule has 0 N–H and O–H groups in total. The first-order chi connectivity index (χ1) is 9.90. The molecule has 0 fully saturated rings. The molecule has 1 heterocycles. The molecule has 0 aliphatic rings. The smallest absolute Gasteiger partial charge is 0.272 e. The Balaban J connectivity index is 2.26. The summed E-state index contributed by atoms with van der Waals surface area (Å²) in [6, 6.07) is 6.65. The molecule has 0 bridgehead atoms. The number of halogens is 2. The van der Waals surface area contributed by atoms with Crippen molar-refractivity contribution in [2.75, 3.05) is 7.05 Å². The van der Waals surface area contributed by atoms with E-state index in [2.05, 4.69) is 9.97 Å². The molecule has 1 unspecified atom stereocenters. The van der Waals surface area contributed by atoms with Crippen molar-refractivity contribution >= 4 is 29.1 Å². The second-order valence-electron chi connectivity index (χ2n) is 4.75. The van der Waals surface area contributed by atoms with Crippen LogP contribution in [0, 0.1) is 6.92 Å². The zero-order chi connectivity index (χ0) is 15.6. The molecule has 0 spiro atoms. The van der Waals surface area contributed by atoms with Gasteiger partial charge < -0.3 is 4.90 Å². The van der Waals surface area contributed by atoms with Crippen LogP contribution in [-0.4, -0.2) is 27.8 Å². The maximum absolute atomic E-state index is 12.5. The first-order valence-electron chi connectivity index (χ1n) is 6.42. The van der Waals surface area contributed by atoms with Crippen LogP contribution in [0.15, 0.2) is 30.5 Å². The fraction of sp³-hybridized carbons (Fsp3) is 0.267. The van der Waals surface area contributed by atoms with Crippen molar-refractivity contribution in [2.45, 2.75) is 19.9 Å². The van der Waals surface area contributed by atoms with Gasteiger partial charge in [-0.05, 0) is 37.6 Å². The molecule has 1 aromatic carbocycles. The van der Waals surface area contributed by atoms with Gasteiger partial charge in [0.25, 0.3) is 5.91 Å². The molecule has 1 amide bonds. The van der Waals surface area contributed by atoms with Crippen LogP contribution in [0.5, 0.6) is 0 Å². The van der Waals surface area contributed by atoms with Crippen LogP contribution in [0.2, 0.25) is 10.0 Å². The molecule has 0 aliphatic heterocycles. The Morgan fingerprint density at radius 1 is 1.29 bits per heavy atom. The van der Waals surface area contributed by atoms with Crippen LogP contribution in [0.1, 0.15) is 34.8 Å². The van der Waals surface area contributed by atoms with E-state index < -0.39 is 0 Å². The summed E-state index contributed by atoms with van der Waals surface area (Å²) in [5.74, 6) is 0.380. The van der Waals surface area contributed by atoms with E-state index >= 15 is 0 Å². The summed E-state index contributed by atoms with van der Waals surface area (Å²) in [4.78, 5) is 22.2. The van der Waals surface area contributed by atoms with Gasteiger partial charge in [0.2, 0.25) is 0 Å². The van der Waals surface area contributed by atoms with Gasteiger partial charge >= 0.3 is 0 Å². The van der Waals surface area contributed by atoms with Gasteiger partial charge in [-0.2, -0.15) is 0 Å². The van der Waals surface area contributed by atoms with Crippen LogP contribution < -0.4 is 0 Å². The van der Waals surface area contributed by atoms with Crippen molar-refractivity contribution in [3.8, 4) is 0 Å². The molecule has 0 saturated heterocycles. The summed E-state index contributed by atoms with van der Waals surface area (Å²) in [6.45, 7) is 3.65. The van der Waals surface area contributed by atoms with E-state index in [4.69, 9.17) is 23.2 Å². The second-order valence-corrected chi connectivity index (χ2v) is 5.59. The number of nitrogens with zero attached hydrogens (tertiary/aromatic N) is 3. The summed E-state index contributed by atoms with van der Waals surface area (Å²) in [6.07, 6.45) is 1.57. The van der Waals surface area contributed by atoms with Gasteiger partial charge in [0.1, 0.15) is 11.5 Å². The van der Waals surface area contributed by atoms with Crippen LogP contribution >= 0.6 is 23.2 Å². The van der Waals surface area contributed by atoms with Crippen molar-refractivity contribution in [1.29, 1.82) is 0 Å². The molecule has 6 heteroatoms. The number of carbonyl (C=O) groups is 1. The summed E-state index contributed by atoms with van der Waals surface area (Å²) < 4.78 is 0. The third-order valence-corrected chi connectivity index (χ3v) is 3.87. The molecule has 1 aromatic heterocycles. The number of amides is 1. The fourth-order valence-corrected chi connectivity index (χ4v) is 2.55. The molecule has 0 aliphatic carbocycles. The number of hydrogen-bond acceptors (Lipinski definition) is 3. The van der Waals surface area contributed by atoms with Crippen molar-refractivity contribution < 1.29 is 4.79 Å². The lowest BCUT2D eigenvalue weighted by Gasteiger charge is -2.26. The molecule has 2 aromatic rings. The predicted octanol–water partition coefficient (Wildman–Crippen LogP) is 3.93. The standard InChI is InChI=1S/C15H15Cl2N3O/c1-9(12-5-4-11(16)8-13(12)17)20(3)15(21)14-6-7-18-10(2)19-14/h4-9H,1-3H3. The zero-order valence-corrected chi connectivity index (χ0v) is 13.5.